The lowest BCUT2D eigenvalue weighted by atomic mass is 9.97. The maximum absolute atomic E-state index is 11.9. The summed E-state index contributed by atoms with van der Waals surface area (Å²) >= 11 is 0. The number of rotatable bonds is 6. The van der Waals surface area contributed by atoms with Crippen LogP contribution >= 0.6 is 12.4 Å². The monoisotopic (exact) mass is 312 g/mol. The normalized spacial score (nSPS) is 18.7. The first-order chi connectivity index (χ1) is 9.69. The molecule has 0 aliphatic carbocycles. The largest absolute Gasteiger partial charge is 0.497 e. The van der Waals surface area contributed by atoms with E-state index in [1.165, 1.54) is 12.0 Å². The Labute approximate surface area is 133 Å². The molecule has 0 bridgehead atoms. The van der Waals surface area contributed by atoms with E-state index in [1.54, 1.807) is 7.11 Å². The predicted octanol–water partition coefficient (Wildman–Crippen LogP) is 2.48. The van der Waals surface area contributed by atoms with Crippen LogP contribution in [0.1, 0.15) is 37.7 Å². The summed E-state index contributed by atoms with van der Waals surface area (Å²) in [6, 6.07) is 8.37. The number of ether oxygens (including phenoxy) is 1. The molecule has 5 heteroatoms. The number of nitrogens with one attached hydrogen (secondary N) is 2. The van der Waals surface area contributed by atoms with Crippen molar-refractivity contribution in [2.45, 2.75) is 38.1 Å². The van der Waals surface area contributed by atoms with E-state index in [1.807, 2.05) is 24.3 Å². The summed E-state index contributed by atoms with van der Waals surface area (Å²) in [5.74, 6) is 1.19. The topological polar surface area (TPSA) is 50.4 Å². The molecule has 2 unspecified atom stereocenters. The average Bonchev–Trinajstić information content (AvgIpc) is 2.98. The van der Waals surface area contributed by atoms with Crippen LogP contribution in [0.3, 0.4) is 0 Å². The second-order valence-electron chi connectivity index (χ2n) is 5.48. The van der Waals surface area contributed by atoms with E-state index in [9.17, 15) is 4.79 Å². The summed E-state index contributed by atoms with van der Waals surface area (Å²) in [7, 11) is 1.66. The van der Waals surface area contributed by atoms with Gasteiger partial charge in [-0.05, 0) is 43.0 Å². The minimum absolute atomic E-state index is 0. The van der Waals surface area contributed by atoms with Crippen LogP contribution in [0, 0.1) is 0 Å². The highest BCUT2D eigenvalue weighted by Crippen LogP contribution is 2.21. The SMILES string of the molecule is COc1ccc(C(C)CC(=O)NCC2CCCN2)cc1.Cl. The van der Waals surface area contributed by atoms with Gasteiger partial charge in [-0.3, -0.25) is 4.79 Å². The number of halogens is 1. The quantitative estimate of drug-likeness (QED) is 0.848. The van der Waals surface area contributed by atoms with Crippen LogP contribution in [0.4, 0.5) is 0 Å². The zero-order valence-electron chi connectivity index (χ0n) is 12.7. The molecule has 2 atom stereocenters. The van der Waals surface area contributed by atoms with Gasteiger partial charge in [0, 0.05) is 19.0 Å². The van der Waals surface area contributed by atoms with Gasteiger partial charge in [-0.25, -0.2) is 0 Å². The van der Waals surface area contributed by atoms with Crippen LogP contribution in [0.5, 0.6) is 5.75 Å². The Kier molecular flexibility index (Phi) is 7.54. The van der Waals surface area contributed by atoms with Crippen molar-refractivity contribution in [2.24, 2.45) is 0 Å². The molecule has 1 amide bonds. The van der Waals surface area contributed by atoms with Crippen molar-refractivity contribution >= 4 is 18.3 Å². The van der Waals surface area contributed by atoms with Gasteiger partial charge in [0.25, 0.3) is 0 Å². The molecule has 0 spiro atoms. The second kappa shape index (κ2) is 8.90. The molecule has 1 aliphatic heterocycles. The highest BCUT2D eigenvalue weighted by Gasteiger charge is 2.16. The molecule has 1 aliphatic rings. The molecule has 1 heterocycles. The number of benzene rings is 1. The van der Waals surface area contributed by atoms with Gasteiger partial charge in [0.05, 0.1) is 7.11 Å². The summed E-state index contributed by atoms with van der Waals surface area (Å²) < 4.78 is 5.14. The molecular weight excluding hydrogens is 288 g/mol. The zero-order valence-corrected chi connectivity index (χ0v) is 13.5. The van der Waals surface area contributed by atoms with E-state index in [2.05, 4.69) is 17.6 Å². The molecule has 118 valence electrons. The van der Waals surface area contributed by atoms with Crippen LogP contribution in [-0.2, 0) is 4.79 Å². The van der Waals surface area contributed by atoms with Crippen LogP contribution < -0.4 is 15.4 Å². The summed E-state index contributed by atoms with van der Waals surface area (Å²) in [6.07, 6.45) is 2.90. The molecule has 21 heavy (non-hydrogen) atoms. The maximum Gasteiger partial charge on any atom is 0.220 e. The Hall–Kier alpha value is -1.26. The van der Waals surface area contributed by atoms with Crippen LogP contribution in [-0.4, -0.2) is 32.1 Å². The van der Waals surface area contributed by atoms with Gasteiger partial charge in [-0.15, -0.1) is 12.4 Å². The number of hydrogen-bond acceptors (Lipinski definition) is 3. The minimum Gasteiger partial charge on any atom is -0.497 e. The van der Waals surface area contributed by atoms with E-state index < -0.39 is 0 Å². The standard InChI is InChI=1S/C16H24N2O2.ClH/c1-12(13-5-7-15(20-2)8-6-13)10-16(19)18-11-14-4-3-9-17-14;/h5-8,12,14,17H,3-4,9-11H2,1-2H3,(H,18,19);1H. The fraction of sp³-hybridized carbons (Fsp3) is 0.562. The number of amides is 1. The van der Waals surface area contributed by atoms with Crippen molar-refractivity contribution in [1.29, 1.82) is 0 Å². The second-order valence-corrected chi connectivity index (χ2v) is 5.48. The number of hydrogen-bond donors (Lipinski definition) is 2. The first kappa shape index (κ1) is 17.8. The predicted molar refractivity (Wildman–Crippen MR) is 87.3 cm³/mol. The van der Waals surface area contributed by atoms with Crippen LogP contribution in [0.2, 0.25) is 0 Å². The summed E-state index contributed by atoms with van der Waals surface area (Å²) in [4.78, 5) is 11.9. The number of methoxy groups -OCH3 is 1. The van der Waals surface area contributed by atoms with Crippen molar-refractivity contribution < 1.29 is 9.53 Å². The van der Waals surface area contributed by atoms with E-state index in [0.29, 0.717) is 12.5 Å². The number of carbonyl (C=O) groups excluding carboxylic acids is 1. The van der Waals surface area contributed by atoms with Gasteiger partial charge in [0.1, 0.15) is 5.75 Å². The summed E-state index contributed by atoms with van der Waals surface area (Å²) in [5, 5.41) is 6.40. The van der Waals surface area contributed by atoms with Crippen molar-refractivity contribution in [3.05, 3.63) is 29.8 Å². The first-order valence-electron chi connectivity index (χ1n) is 7.33. The average molecular weight is 313 g/mol. The Morgan fingerprint density at radius 3 is 2.71 bits per heavy atom. The molecule has 0 radical (unpaired) electrons. The van der Waals surface area contributed by atoms with Crippen molar-refractivity contribution in [3.63, 3.8) is 0 Å². The molecule has 0 saturated carbocycles. The van der Waals surface area contributed by atoms with Gasteiger partial charge in [0.15, 0.2) is 0 Å². The van der Waals surface area contributed by atoms with Crippen molar-refractivity contribution in [3.8, 4) is 5.75 Å². The maximum atomic E-state index is 11.9. The van der Waals surface area contributed by atoms with E-state index in [0.717, 1.165) is 25.3 Å². The van der Waals surface area contributed by atoms with Crippen LogP contribution in [0.25, 0.3) is 0 Å². The molecule has 1 fully saturated rings. The third-order valence-corrected chi connectivity index (χ3v) is 3.88. The Balaban J connectivity index is 0.00000220. The molecule has 1 saturated heterocycles. The lowest BCUT2D eigenvalue weighted by Gasteiger charge is -2.15. The molecule has 2 N–H and O–H groups in total. The first-order valence-corrected chi connectivity index (χ1v) is 7.33. The van der Waals surface area contributed by atoms with Gasteiger partial charge in [-0.1, -0.05) is 19.1 Å². The van der Waals surface area contributed by atoms with Crippen molar-refractivity contribution in [2.75, 3.05) is 20.2 Å². The summed E-state index contributed by atoms with van der Waals surface area (Å²) in [6.45, 7) is 3.90. The zero-order chi connectivity index (χ0) is 14.4. The Morgan fingerprint density at radius 2 is 2.14 bits per heavy atom. The third kappa shape index (κ3) is 5.56. The molecular formula is C16H25ClN2O2. The Bertz CT molecular complexity index is 430. The molecule has 4 nitrogen and oxygen atoms in total. The third-order valence-electron chi connectivity index (χ3n) is 3.88. The Morgan fingerprint density at radius 1 is 1.43 bits per heavy atom. The van der Waals surface area contributed by atoms with E-state index in [-0.39, 0.29) is 24.2 Å². The smallest absolute Gasteiger partial charge is 0.220 e. The van der Waals surface area contributed by atoms with Gasteiger partial charge in [-0.2, -0.15) is 0 Å². The van der Waals surface area contributed by atoms with Gasteiger partial charge in [0.2, 0.25) is 5.91 Å². The lowest BCUT2D eigenvalue weighted by Crippen LogP contribution is -2.37. The van der Waals surface area contributed by atoms with Crippen molar-refractivity contribution in [1.82, 2.24) is 10.6 Å². The lowest BCUT2D eigenvalue weighted by molar-refractivity contribution is -0.121. The van der Waals surface area contributed by atoms with E-state index >= 15 is 0 Å². The molecule has 1 aromatic rings. The minimum atomic E-state index is 0. The highest BCUT2D eigenvalue weighted by molar-refractivity contribution is 5.85. The molecule has 2 rings (SSSR count). The summed E-state index contributed by atoms with van der Waals surface area (Å²) in [5.41, 5.74) is 1.17. The molecule has 1 aromatic carbocycles. The van der Waals surface area contributed by atoms with Gasteiger partial charge < -0.3 is 15.4 Å². The highest BCUT2D eigenvalue weighted by atomic mass is 35.5. The van der Waals surface area contributed by atoms with Crippen LogP contribution in [0.15, 0.2) is 24.3 Å². The fourth-order valence-corrected chi connectivity index (χ4v) is 2.57. The van der Waals surface area contributed by atoms with E-state index in [4.69, 9.17) is 4.74 Å². The molecule has 0 aromatic heterocycles. The fourth-order valence-electron chi connectivity index (χ4n) is 2.57. The number of carbonyl (C=O) groups is 1. The van der Waals surface area contributed by atoms with Gasteiger partial charge >= 0.3 is 0 Å².